The van der Waals surface area contributed by atoms with Crippen LogP contribution in [0.1, 0.15) is 23.1 Å². The molecule has 0 amide bonds. The molecule has 2 rings (SSSR count). The second-order valence-corrected chi connectivity index (χ2v) is 3.80. The van der Waals surface area contributed by atoms with Crippen LogP contribution in [0.5, 0.6) is 0 Å². The third-order valence-corrected chi connectivity index (χ3v) is 2.70. The topological polar surface area (TPSA) is 34.9 Å². The lowest BCUT2D eigenvalue weighted by Crippen LogP contribution is -2.00. The molecule has 16 heavy (non-hydrogen) atoms. The van der Waals surface area contributed by atoms with Crippen LogP contribution < -0.4 is 0 Å². The molecule has 0 aliphatic rings. The highest BCUT2D eigenvalue weighted by Gasteiger charge is 2.07. The second-order valence-electron chi connectivity index (χ2n) is 3.40. The van der Waals surface area contributed by atoms with E-state index in [0.29, 0.717) is 10.6 Å². The fourth-order valence-electron chi connectivity index (χ4n) is 1.61. The number of carbonyl (C=O) groups is 1. The Bertz CT molecular complexity index is 519. The average molecular weight is 235 g/mol. The summed E-state index contributed by atoms with van der Waals surface area (Å²) in [6.45, 7) is 2.03. The number of rotatable bonds is 3. The van der Waals surface area contributed by atoms with Crippen molar-refractivity contribution in [1.29, 1.82) is 0 Å². The van der Waals surface area contributed by atoms with Gasteiger partial charge in [0.1, 0.15) is 12.1 Å². The van der Waals surface area contributed by atoms with E-state index in [-0.39, 0.29) is 0 Å². The Morgan fingerprint density at radius 2 is 2.31 bits per heavy atom. The summed E-state index contributed by atoms with van der Waals surface area (Å²) in [6, 6.07) is 5.23. The molecule has 0 unspecified atom stereocenters. The Morgan fingerprint density at radius 1 is 1.50 bits per heavy atom. The van der Waals surface area contributed by atoms with Crippen LogP contribution in [-0.2, 0) is 6.42 Å². The van der Waals surface area contributed by atoms with Crippen molar-refractivity contribution < 1.29 is 4.79 Å². The van der Waals surface area contributed by atoms with Gasteiger partial charge in [-0.3, -0.25) is 4.79 Å². The summed E-state index contributed by atoms with van der Waals surface area (Å²) < 4.78 is 1.93. The Hall–Kier alpha value is -1.61. The molecular weight excluding hydrogens is 224 g/mol. The number of aryl methyl sites for hydroxylation is 1. The van der Waals surface area contributed by atoms with Crippen LogP contribution in [0.3, 0.4) is 0 Å². The molecule has 0 N–H and O–H groups in total. The quantitative estimate of drug-likeness (QED) is 0.766. The summed E-state index contributed by atoms with van der Waals surface area (Å²) in [4.78, 5) is 14.8. The van der Waals surface area contributed by atoms with Crippen molar-refractivity contribution in [2.24, 2.45) is 0 Å². The summed E-state index contributed by atoms with van der Waals surface area (Å²) >= 11 is 6.12. The van der Waals surface area contributed by atoms with Gasteiger partial charge in [0.2, 0.25) is 0 Å². The van der Waals surface area contributed by atoms with Gasteiger partial charge >= 0.3 is 0 Å². The number of halogens is 1. The second kappa shape index (κ2) is 4.49. The van der Waals surface area contributed by atoms with Crippen molar-refractivity contribution in [1.82, 2.24) is 9.55 Å². The number of benzene rings is 1. The molecule has 0 radical (unpaired) electrons. The van der Waals surface area contributed by atoms with Crippen molar-refractivity contribution in [3.8, 4) is 5.69 Å². The summed E-state index contributed by atoms with van der Waals surface area (Å²) in [5.74, 6) is 0.945. The van der Waals surface area contributed by atoms with Crippen LogP contribution in [0, 0.1) is 0 Å². The Labute approximate surface area is 98.7 Å². The lowest BCUT2D eigenvalue weighted by atomic mass is 10.2. The summed E-state index contributed by atoms with van der Waals surface area (Å²) in [5.41, 5.74) is 1.42. The lowest BCUT2D eigenvalue weighted by molar-refractivity contribution is 0.112. The number of hydrogen-bond donors (Lipinski definition) is 0. The molecule has 0 aliphatic heterocycles. The van der Waals surface area contributed by atoms with E-state index in [9.17, 15) is 4.79 Å². The van der Waals surface area contributed by atoms with Gasteiger partial charge in [0.15, 0.2) is 0 Å². The molecule has 0 fully saturated rings. The van der Waals surface area contributed by atoms with Crippen molar-refractivity contribution in [3.05, 3.63) is 47.0 Å². The van der Waals surface area contributed by atoms with Crippen molar-refractivity contribution in [2.45, 2.75) is 13.3 Å². The minimum Gasteiger partial charge on any atom is -0.302 e. The van der Waals surface area contributed by atoms with Crippen molar-refractivity contribution >= 4 is 17.9 Å². The Morgan fingerprint density at radius 3 is 2.94 bits per heavy atom. The normalized spacial score (nSPS) is 10.4. The zero-order valence-corrected chi connectivity index (χ0v) is 9.61. The molecular formula is C12H11ClN2O. The highest BCUT2D eigenvalue weighted by Crippen LogP contribution is 2.22. The van der Waals surface area contributed by atoms with Crippen molar-refractivity contribution in [2.75, 3.05) is 0 Å². The van der Waals surface area contributed by atoms with Gasteiger partial charge in [-0.15, -0.1) is 0 Å². The van der Waals surface area contributed by atoms with Gasteiger partial charge < -0.3 is 4.57 Å². The predicted octanol–water partition coefficient (Wildman–Crippen LogP) is 2.90. The number of nitrogens with zero attached hydrogens (tertiary/aromatic N) is 2. The van der Waals surface area contributed by atoms with Crippen LogP contribution in [-0.4, -0.2) is 15.8 Å². The number of imidazole rings is 1. The monoisotopic (exact) mass is 234 g/mol. The van der Waals surface area contributed by atoms with E-state index in [1.807, 2.05) is 23.8 Å². The third-order valence-electron chi connectivity index (χ3n) is 2.40. The minimum absolute atomic E-state index is 0.553. The predicted molar refractivity (Wildman–Crippen MR) is 63.3 cm³/mol. The maximum absolute atomic E-state index is 10.6. The van der Waals surface area contributed by atoms with E-state index in [1.165, 1.54) is 0 Å². The Kier molecular flexibility index (Phi) is 3.06. The van der Waals surface area contributed by atoms with Gasteiger partial charge in [0.25, 0.3) is 0 Å². The summed E-state index contributed by atoms with van der Waals surface area (Å²) in [7, 11) is 0. The fourth-order valence-corrected chi connectivity index (χ4v) is 1.89. The van der Waals surface area contributed by atoms with Crippen LogP contribution >= 0.6 is 11.6 Å². The molecule has 4 heteroatoms. The van der Waals surface area contributed by atoms with Gasteiger partial charge in [0.05, 0.1) is 10.7 Å². The third kappa shape index (κ3) is 1.86. The first-order chi connectivity index (χ1) is 7.76. The molecule has 0 bridgehead atoms. The van der Waals surface area contributed by atoms with Crippen LogP contribution in [0.2, 0.25) is 5.02 Å². The average Bonchev–Trinajstić information content (AvgIpc) is 2.76. The number of aromatic nitrogens is 2. The molecule has 0 saturated carbocycles. The van der Waals surface area contributed by atoms with E-state index in [2.05, 4.69) is 4.98 Å². The first-order valence-electron chi connectivity index (χ1n) is 5.03. The zero-order valence-electron chi connectivity index (χ0n) is 8.85. The van der Waals surface area contributed by atoms with Crippen molar-refractivity contribution in [3.63, 3.8) is 0 Å². The maximum atomic E-state index is 10.6. The van der Waals surface area contributed by atoms with E-state index in [0.717, 1.165) is 24.2 Å². The van der Waals surface area contributed by atoms with E-state index in [1.54, 1.807) is 18.3 Å². The molecule has 3 nitrogen and oxygen atoms in total. The summed E-state index contributed by atoms with van der Waals surface area (Å²) in [5, 5.41) is 0.553. The number of aldehydes is 1. The highest BCUT2D eigenvalue weighted by molar-refractivity contribution is 6.32. The number of hydrogen-bond acceptors (Lipinski definition) is 2. The molecule has 1 aromatic heterocycles. The zero-order chi connectivity index (χ0) is 11.5. The van der Waals surface area contributed by atoms with E-state index >= 15 is 0 Å². The highest BCUT2D eigenvalue weighted by atomic mass is 35.5. The molecule has 0 aliphatic carbocycles. The lowest BCUT2D eigenvalue weighted by Gasteiger charge is -2.08. The molecule has 0 atom stereocenters. The molecule has 2 aromatic rings. The number of carbonyl (C=O) groups excluding carboxylic acids is 1. The van der Waals surface area contributed by atoms with E-state index in [4.69, 9.17) is 11.6 Å². The maximum Gasteiger partial charge on any atom is 0.150 e. The van der Waals surface area contributed by atoms with Crippen LogP contribution in [0.4, 0.5) is 0 Å². The van der Waals surface area contributed by atoms with Gasteiger partial charge in [-0.2, -0.15) is 0 Å². The standard InChI is InChI=1S/C12H11ClN2O/c1-2-12-14-5-6-15(12)11-4-3-9(8-16)7-10(11)13/h3-8H,2H2,1H3. The van der Waals surface area contributed by atoms with Crippen LogP contribution in [0.25, 0.3) is 5.69 Å². The summed E-state index contributed by atoms with van der Waals surface area (Å²) in [6.07, 6.45) is 5.21. The van der Waals surface area contributed by atoms with Gasteiger partial charge in [-0.1, -0.05) is 18.5 Å². The largest absolute Gasteiger partial charge is 0.302 e. The molecule has 0 saturated heterocycles. The Balaban J connectivity index is 2.52. The minimum atomic E-state index is 0.553. The molecule has 0 spiro atoms. The first kappa shape index (κ1) is 10.9. The van der Waals surface area contributed by atoms with Gasteiger partial charge in [-0.25, -0.2) is 4.98 Å². The van der Waals surface area contributed by atoms with Crippen LogP contribution in [0.15, 0.2) is 30.6 Å². The SMILES string of the molecule is CCc1nccn1-c1ccc(C=O)cc1Cl. The van der Waals surface area contributed by atoms with Gasteiger partial charge in [0, 0.05) is 24.4 Å². The van der Waals surface area contributed by atoms with Gasteiger partial charge in [-0.05, 0) is 18.2 Å². The molecule has 82 valence electrons. The first-order valence-corrected chi connectivity index (χ1v) is 5.41. The fraction of sp³-hybridized carbons (Fsp3) is 0.167. The molecule has 1 heterocycles. The smallest absolute Gasteiger partial charge is 0.150 e. The molecule has 1 aromatic carbocycles. The van der Waals surface area contributed by atoms with E-state index < -0.39 is 0 Å².